The number of hydrogen-bond donors (Lipinski definition) is 2. The Labute approximate surface area is 159 Å². The second kappa shape index (κ2) is 11.1. The molecule has 0 radical (unpaired) electrons. The molecule has 2 aromatic carbocycles. The molecule has 0 spiro atoms. The monoisotopic (exact) mass is 378 g/mol. The summed E-state index contributed by atoms with van der Waals surface area (Å²) >= 11 is 0. The molecule has 7 heteroatoms. The van der Waals surface area contributed by atoms with Gasteiger partial charge >= 0.3 is 5.97 Å². The second-order valence-electron chi connectivity index (χ2n) is 5.40. The van der Waals surface area contributed by atoms with Gasteiger partial charge in [0.2, 0.25) is 5.91 Å². The van der Waals surface area contributed by atoms with Crippen LogP contribution in [0.5, 0.6) is 5.75 Å². The molecule has 140 valence electrons. The molecule has 0 unspecified atom stereocenters. The van der Waals surface area contributed by atoms with E-state index in [0.717, 1.165) is 5.56 Å². The number of carbonyl (C=O) groups is 2. The van der Waals surface area contributed by atoms with E-state index in [9.17, 15) is 9.59 Å². The zero-order valence-corrected chi connectivity index (χ0v) is 15.4. The number of ether oxygens (including phenoxy) is 2. The number of carbonyl (C=O) groups excluding carboxylic acids is 2. The van der Waals surface area contributed by atoms with Crippen LogP contribution in [-0.4, -0.2) is 32.1 Å². The number of esters is 1. The first-order chi connectivity index (χ1) is 12.1. The van der Waals surface area contributed by atoms with Crippen LogP contribution >= 0.6 is 12.4 Å². The molecule has 1 amide bonds. The number of methoxy groups -OCH3 is 1. The zero-order valence-electron chi connectivity index (χ0n) is 14.6. The molecule has 0 saturated carbocycles. The van der Waals surface area contributed by atoms with E-state index in [1.165, 1.54) is 7.11 Å². The average molecular weight is 379 g/mol. The molecule has 0 aromatic heterocycles. The Balaban J connectivity index is 0.00000338. The van der Waals surface area contributed by atoms with Gasteiger partial charge in [0, 0.05) is 18.7 Å². The Hall–Kier alpha value is -2.57. The minimum Gasteiger partial charge on any atom is -0.492 e. The molecule has 2 aromatic rings. The number of hydrogen-bond acceptors (Lipinski definition) is 5. The molecule has 0 saturated heterocycles. The van der Waals surface area contributed by atoms with Crippen molar-refractivity contribution in [2.75, 3.05) is 25.6 Å². The topological polar surface area (TPSA) is 90.7 Å². The summed E-state index contributed by atoms with van der Waals surface area (Å²) in [4.78, 5) is 23.4. The van der Waals surface area contributed by atoms with Crippen LogP contribution < -0.4 is 15.8 Å². The lowest BCUT2D eigenvalue weighted by Gasteiger charge is -2.08. The summed E-state index contributed by atoms with van der Waals surface area (Å²) < 4.78 is 10.0. The summed E-state index contributed by atoms with van der Waals surface area (Å²) in [7, 11) is 1.34. The number of benzene rings is 2. The molecule has 2 rings (SSSR count). The summed E-state index contributed by atoms with van der Waals surface area (Å²) in [6.07, 6.45) is 0.938. The van der Waals surface area contributed by atoms with Gasteiger partial charge in [0.05, 0.1) is 12.7 Å². The average Bonchev–Trinajstić information content (AvgIpc) is 2.65. The van der Waals surface area contributed by atoms with Gasteiger partial charge in [-0.25, -0.2) is 4.79 Å². The highest BCUT2D eigenvalue weighted by Gasteiger charge is 2.06. The maximum Gasteiger partial charge on any atom is 0.337 e. The van der Waals surface area contributed by atoms with Crippen molar-refractivity contribution < 1.29 is 19.1 Å². The van der Waals surface area contributed by atoms with Crippen molar-refractivity contribution in [3.8, 4) is 5.75 Å². The Morgan fingerprint density at radius 1 is 1.04 bits per heavy atom. The van der Waals surface area contributed by atoms with Crippen molar-refractivity contribution >= 4 is 30.0 Å². The molecule has 0 atom stereocenters. The molecule has 0 aliphatic heterocycles. The standard InChI is InChI=1S/C19H22N2O4.ClH/c1-24-19(23)15-5-2-14(3-6-15)4-11-18(22)21-16-7-9-17(10-8-16)25-13-12-20;/h2-3,5-10H,4,11-13,20H2,1H3,(H,21,22);1H. The minimum atomic E-state index is -0.372. The van der Waals surface area contributed by atoms with Gasteiger partial charge in [-0.05, 0) is 48.4 Å². The van der Waals surface area contributed by atoms with Gasteiger partial charge in [0.1, 0.15) is 12.4 Å². The Kier molecular flexibility index (Phi) is 9.19. The first-order valence-corrected chi connectivity index (χ1v) is 8.02. The number of aryl methyl sites for hydroxylation is 1. The minimum absolute atomic E-state index is 0. The molecule has 0 bridgehead atoms. The highest BCUT2D eigenvalue weighted by molar-refractivity contribution is 5.91. The fourth-order valence-corrected chi connectivity index (χ4v) is 2.22. The Bertz CT molecular complexity index is 702. The predicted octanol–water partition coefficient (Wildman–Crippen LogP) is 2.80. The van der Waals surface area contributed by atoms with Crippen molar-refractivity contribution in [2.24, 2.45) is 5.73 Å². The van der Waals surface area contributed by atoms with Crippen molar-refractivity contribution in [2.45, 2.75) is 12.8 Å². The lowest BCUT2D eigenvalue weighted by molar-refractivity contribution is -0.116. The molecule has 3 N–H and O–H groups in total. The van der Waals surface area contributed by atoms with Crippen LogP contribution in [0, 0.1) is 0 Å². The van der Waals surface area contributed by atoms with Crippen LogP contribution in [0.2, 0.25) is 0 Å². The van der Waals surface area contributed by atoms with Crippen LogP contribution in [-0.2, 0) is 16.0 Å². The third-order valence-corrected chi connectivity index (χ3v) is 3.54. The largest absolute Gasteiger partial charge is 0.492 e. The fraction of sp³-hybridized carbons (Fsp3) is 0.263. The van der Waals surface area contributed by atoms with Gasteiger partial charge < -0.3 is 20.5 Å². The van der Waals surface area contributed by atoms with Gasteiger partial charge in [0.15, 0.2) is 0 Å². The van der Waals surface area contributed by atoms with Gasteiger partial charge in [-0.1, -0.05) is 12.1 Å². The molecular weight excluding hydrogens is 356 g/mol. The quantitative estimate of drug-likeness (QED) is 0.689. The van der Waals surface area contributed by atoms with E-state index in [1.807, 2.05) is 12.1 Å². The first-order valence-electron chi connectivity index (χ1n) is 8.02. The lowest BCUT2D eigenvalue weighted by atomic mass is 10.1. The molecule has 0 fully saturated rings. The maximum absolute atomic E-state index is 12.0. The summed E-state index contributed by atoms with van der Waals surface area (Å²) in [5.41, 5.74) is 7.57. The third kappa shape index (κ3) is 6.74. The summed E-state index contributed by atoms with van der Waals surface area (Å²) in [5, 5.41) is 2.84. The van der Waals surface area contributed by atoms with Crippen LogP contribution in [0.3, 0.4) is 0 Å². The smallest absolute Gasteiger partial charge is 0.337 e. The molecule has 0 aliphatic rings. The van der Waals surface area contributed by atoms with Crippen molar-refractivity contribution in [1.29, 1.82) is 0 Å². The van der Waals surface area contributed by atoms with Gasteiger partial charge in [-0.3, -0.25) is 4.79 Å². The lowest BCUT2D eigenvalue weighted by Crippen LogP contribution is -2.13. The fourth-order valence-electron chi connectivity index (χ4n) is 2.22. The molecular formula is C19H23ClN2O4. The van der Waals surface area contributed by atoms with Crippen LogP contribution in [0.1, 0.15) is 22.3 Å². The Morgan fingerprint density at radius 2 is 1.69 bits per heavy atom. The third-order valence-electron chi connectivity index (χ3n) is 3.54. The van der Waals surface area contributed by atoms with E-state index < -0.39 is 0 Å². The van der Waals surface area contributed by atoms with E-state index >= 15 is 0 Å². The molecule has 26 heavy (non-hydrogen) atoms. The van der Waals surface area contributed by atoms with E-state index in [4.69, 9.17) is 10.5 Å². The predicted molar refractivity (Wildman–Crippen MR) is 103 cm³/mol. The van der Waals surface area contributed by atoms with E-state index in [2.05, 4.69) is 10.1 Å². The van der Waals surface area contributed by atoms with Gasteiger partial charge in [-0.2, -0.15) is 0 Å². The normalized spacial score (nSPS) is 9.77. The molecule has 6 nitrogen and oxygen atoms in total. The highest BCUT2D eigenvalue weighted by Crippen LogP contribution is 2.16. The van der Waals surface area contributed by atoms with Gasteiger partial charge in [0.25, 0.3) is 0 Å². The Morgan fingerprint density at radius 3 is 2.27 bits per heavy atom. The number of rotatable bonds is 8. The number of halogens is 1. The van der Waals surface area contributed by atoms with E-state index in [1.54, 1.807) is 36.4 Å². The van der Waals surface area contributed by atoms with Crippen LogP contribution in [0.15, 0.2) is 48.5 Å². The van der Waals surface area contributed by atoms with E-state index in [-0.39, 0.29) is 24.3 Å². The number of nitrogens with two attached hydrogens (primary N) is 1. The number of nitrogens with one attached hydrogen (secondary N) is 1. The van der Waals surface area contributed by atoms with E-state index in [0.29, 0.717) is 43.0 Å². The number of amides is 1. The summed E-state index contributed by atoms with van der Waals surface area (Å²) in [6, 6.07) is 14.2. The maximum atomic E-state index is 12.0. The number of anilines is 1. The van der Waals surface area contributed by atoms with Crippen LogP contribution in [0.4, 0.5) is 5.69 Å². The zero-order chi connectivity index (χ0) is 18.1. The molecule has 0 aliphatic carbocycles. The summed E-state index contributed by atoms with van der Waals surface area (Å²) in [5.74, 6) is 0.269. The highest BCUT2D eigenvalue weighted by atomic mass is 35.5. The van der Waals surface area contributed by atoms with Gasteiger partial charge in [-0.15, -0.1) is 12.4 Å². The SMILES string of the molecule is COC(=O)c1ccc(CCC(=O)Nc2ccc(OCCN)cc2)cc1.Cl. The van der Waals surface area contributed by atoms with Crippen molar-refractivity contribution in [3.05, 3.63) is 59.7 Å². The van der Waals surface area contributed by atoms with Crippen molar-refractivity contribution in [1.82, 2.24) is 0 Å². The first kappa shape index (κ1) is 21.5. The van der Waals surface area contributed by atoms with Crippen molar-refractivity contribution in [3.63, 3.8) is 0 Å². The summed E-state index contributed by atoms with van der Waals surface area (Å²) in [6.45, 7) is 0.916. The second-order valence-corrected chi connectivity index (χ2v) is 5.40. The molecule has 0 heterocycles. The van der Waals surface area contributed by atoms with Crippen LogP contribution in [0.25, 0.3) is 0 Å².